The third-order valence-corrected chi connectivity index (χ3v) is 5.37. The highest BCUT2D eigenvalue weighted by Gasteiger charge is 2.22. The Morgan fingerprint density at radius 1 is 1.04 bits per heavy atom. The minimum Gasteiger partial charge on any atom is -0.494 e. The molecule has 5 heteroatoms. The fraction of sp³-hybridized carbons (Fsp3) is 0.368. The van der Waals surface area contributed by atoms with E-state index in [9.17, 15) is 0 Å². The summed E-state index contributed by atoms with van der Waals surface area (Å²) in [5.41, 5.74) is 2.31. The summed E-state index contributed by atoms with van der Waals surface area (Å²) in [6.07, 6.45) is 3.43. The number of rotatable bonds is 2. The molecule has 1 N–H and O–H groups in total. The lowest BCUT2D eigenvalue weighted by atomic mass is 10.1. The number of methoxy groups -OCH3 is 1. The van der Waals surface area contributed by atoms with Crippen LogP contribution in [-0.2, 0) is 0 Å². The van der Waals surface area contributed by atoms with Crippen molar-refractivity contribution in [1.29, 1.82) is 0 Å². The highest BCUT2D eigenvalue weighted by atomic mass is 35.5. The highest BCUT2D eigenvalue weighted by molar-refractivity contribution is 6.33. The quantitative estimate of drug-likeness (QED) is 0.658. The van der Waals surface area contributed by atoms with E-state index in [0.29, 0.717) is 11.1 Å². The zero-order valence-electron chi connectivity index (χ0n) is 13.6. The molecular weight excluding hydrogens is 343 g/mol. The van der Waals surface area contributed by atoms with Gasteiger partial charge in [-0.1, -0.05) is 23.2 Å². The predicted octanol–water partition coefficient (Wildman–Crippen LogP) is 5.42. The van der Waals surface area contributed by atoms with Gasteiger partial charge in [0.15, 0.2) is 0 Å². The van der Waals surface area contributed by atoms with E-state index in [4.69, 9.17) is 27.9 Å². The molecule has 2 heterocycles. The van der Waals surface area contributed by atoms with E-state index in [0.717, 1.165) is 53.0 Å². The molecule has 0 amide bonds. The van der Waals surface area contributed by atoms with Crippen molar-refractivity contribution in [1.82, 2.24) is 9.88 Å². The number of nitrogens with zero attached hydrogens (tertiary/aromatic N) is 1. The molecule has 3 nitrogen and oxygen atoms in total. The maximum absolute atomic E-state index is 6.33. The van der Waals surface area contributed by atoms with Gasteiger partial charge in [-0.25, -0.2) is 0 Å². The van der Waals surface area contributed by atoms with Gasteiger partial charge in [0, 0.05) is 38.4 Å². The maximum Gasteiger partial charge on any atom is 0.144 e. The molecule has 24 heavy (non-hydrogen) atoms. The number of ether oxygens (including phenoxy) is 1. The van der Waals surface area contributed by atoms with E-state index in [1.807, 2.05) is 24.3 Å². The molecule has 1 aliphatic heterocycles. The first-order valence-corrected chi connectivity index (χ1v) is 9.12. The number of hydrogen-bond donors (Lipinski definition) is 1. The Balaban J connectivity index is 2.08. The summed E-state index contributed by atoms with van der Waals surface area (Å²) in [5.74, 6) is 0.821. The van der Waals surface area contributed by atoms with Crippen LogP contribution in [0.25, 0.3) is 21.8 Å². The van der Waals surface area contributed by atoms with Gasteiger partial charge in [-0.05, 0) is 56.6 Å². The zero-order chi connectivity index (χ0) is 16.7. The summed E-state index contributed by atoms with van der Waals surface area (Å²) >= 11 is 12.6. The lowest BCUT2D eigenvalue weighted by Crippen LogP contribution is -2.15. The standard InChI is InChI=1S/C19H20Cl2N2O/c1-24-18-11-13(21)10-16-15-9-12(20)4-5-17(15)23(19(16)18)14-3-2-7-22-8-6-14/h4-5,9-11,14,22H,2-3,6-8H2,1H3. The van der Waals surface area contributed by atoms with Gasteiger partial charge in [-0.2, -0.15) is 0 Å². The molecule has 0 aliphatic carbocycles. The minimum absolute atomic E-state index is 0.441. The predicted molar refractivity (Wildman–Crippen MR) is 102 cm³/mol. The zero-order valence-corrected chi connectivity index (χ0v) is 15.1. The van der Waals surface area contributed by atoms with Crippen molar-refractivity contribution >= 4 is 45.0 Å². The number of halogens is 2. The van der Waals surface area contributed by atoms with Crippen molar-refractivity contribution in [3.8, 4) is 5.75 Å². The van der Waals surface area contributed by atoms with E-state index >= 15 is 0 Å². The van der Waals surface area contributed by atoms with Crippen LogP contribution in [-0.4, -0.2) is 24.8 Å². The first-order chi connectivity index (χ1) is 11.7. The van der Waals surface area contributed by atoms with Crippen molar-refractivity contribution in [2.45, 2.75) is 25.3 Å². The molecule has 1 aromatic heterocycles. The van der Waals surface area contributed by atoms with Crippen LogP contribution in [0.5, 0.6) is 5.75 Å². The second-order valence-corrected chi connectivity index (χ2v) is 7.24. The van der Waals surface area contributed by atoms with Crippen LogP contribution >= 0.6 is 23.2 Å². The fourth-order valence-corrected chi connectivity index (χ4v) is 4.26. The Bertz CT molecular complexity index is 895. The molecule has 126 valence electrons. The molecule has 1 unspecified atom stereocenters. The van der Waals surface area contributed by atoms with Gasteiger partial charge in [0.25, 0.3) is 0 Å². The van der Waals surface area contributed by atoms with E-state index < -0.39 is 0 Å². The van der Waals surface area contributed by atoms with Crippen LogP contribution < -0.4 is 10.1 Å². The van der Waals surface area contributed by atoms with Gasteiger partial charge >= 0.3 is 0 Å². The molecular formula is C19H20Cl2N2O. The lowest BCUT2D eigenvalue weighted by Gasteiger charge is -2.20. The van der Waals surface area contributed by atoms with Gasteiger partial charge in [-0.3, -0.25) is 0 Å². The molecule has 1 saturated heterocycles. The summed E-state index contributed by atoms with van der Waals surface area (Å²) in [7, 11) is 1.70. The molecule has 0 radical (unpaired) electrons. The molecule has 1 fully saturated rings. The van der Waals surface area contributed by atoms with Crippen LogP contribution in [0, 0.1) is 0 Å². The summed E-state index contributed by atoms with van der Waals surface area (Å²) in [4.78, 5) is 0. The molecule has 0 saturated carbocycles. The largest absolute Gasteiger partial charge is 0.494 e. The Labute approximate surface area is 151 Å². The summed E-state index contributed by atoms with van der Waals surface area (Å²) in [6, 6.07) is 10.5. The lowest BCUT2D eigenvalue weighted by molar-refractivity contribution is 0.412. The van der Waals surface area contributed by atoms with Crippen LogP contribution in [0.15, 0.2) is 30.3 Å². The molecule has 3 aromatic rings. The average Bonchev–Trinajstić information content (AvgIpc) is 2.75. The maximum atomic E-state index is 6.33. The summed E-state index contributed by atoms with van der Waals surface area (Å²) in [5, 5.41) is 7.16. The van der Waals surface area contributed by atoms with E-state index in [-0.39, 0.29) is 0 Å². The SMILES string of the molecule is COc1cc(Cl)cc2c3cc(Cl)ccc3n(C3CCCNCC3)c12. The number of fused-ring (bicyclic) bond motifs is 3. The Morgan fingerprint density at radius 3 is 2.71 bits per heavy atom. The first kappa shape index (κ1) is 16.1. The van der Waals surface area contributed by atoms with Crippen LogP contribution in [0.4, 0.5) is 0 Å². The van der Waals surface area contributed by atoms with Crippen molar-refractivity contribution < 1.29 is 4.74 Å². The van der Waals surface area contributed by atoms with Gasteiger partial charge in [0.1, 0.15) is 5.75 Å². The molecule has 4 rings (SSSR count). The second kappa shape index (κ2) is 6.47. The van der Waals surface area contributed by atoms with Crippen LogP contribution in [0.2, 0.25) is 10.0 Å². The van der Waals surface area contributed by atoms with Gasteiger partial charge < -0.3 is 14.6 Å². The molecule has 2 aromatic carbocycles. The summed E-state index contributed by atoms with van der Waals surface area (Å²) in [6.45, 7) is 2.12. The van der Waals surface area contributed by atoms with Crippen molar-refractivity contribution in [2.75, 3.05) is 20.2 Å². The molecule has 0 bridgehead atoms. The van der Waals surface area contributed by atoms with E-state index in [1.54, 1.807) is 7.11 Å². The normalized spacial score (nSPS) is 18.9. The number of nitrogens with one attached hydrogen (secondary N) is 1. The minimum atomic E-state index is 0.441. The third-order valence-electron chi connectivity index (χ3n) is 4.92. The van der Waals surface area contributed by atoms with Gasteiger partial charge in [0.05, 0.1) is 12.6 Å². The number of hydrogen-bond acceptors (Lipinski definition) is 2. The van der Waals surface area contributed by atoms with Crippen molar-refractivity contribution in [3.05, 3.63) is 40.4 Å². The average molecular weight is 363 g/mol. The number of aromatic nitrogens is 1. The van der Waals surface area contributed by atoms with Crippen molar-refractivity contribution in [2.24, 2.45) is 0 Å². The van der Waals surface area contributed by atoms with Crippen LogP contribution in [0.3, 0.4) is 0 Å². The topological polar surface area (TPSA) is 26.2 Å². The fourth-order valence-electron chi connectivity index (χ4n) is 3.88. The number of benzene rings is 2. The highest BCUT2D eigenvalue weighted by Crippen LogP contribution is 2.41. The smallest absolute Gasteiger partial charge is 0.144 e. The van der Waals surface area contributed by atoms with Gasteiger partial charge in [0.2, 0.25) is 0 Å². The first-order valence-electron chi connectivity index (χ1n) is 8.36. The molecule has 0 spiro atoms. The van der Waals surface area contributed by atoms with Gasteiger partial charge in [-0.15, -0.1) is 0 Å². The van der Waals surface area contributed by atoms with E-state index in [2.05, 4.69) is 16.0 Å². The molecule has 1 aliphatic rings. The van der Waals surface area contributed by atoms with Crippen molar-refractivity contribution in [3.63, 3.8) is 0 Å². The Kier molecular flexibility index (Phi) is 4.33. The van der Waals surface area contributed by atoms with E-state index in [1.165, 1.54) is 11.9 Å². The Hall–Kier alpha value is -1.42. The third kappa shape index (κ3) is 2.65. The summed E-state index contributed by atoms with van der Waals surface area (Å²) < 4.78 is 8.11. The molecule has 1 atom stereocenters. The van der Waals surface area contributed by atoms with Crippen LogP contribution in [0.1, 0.15) is 25.3 Å². The second-order valence-electron chi connectivity index (χ2n) is 6.37. The monoisotopic (exact) mass is 362 g/mol. The Morgan fingerprint density at radius 2 is 1.88 bits per heavy atom.